The summed E-state index contributed by atoms with van der Waals surface area (Å²) < 4.78 is 6.38. The summed E-state index contributed by atoms with van der Waals surface area (Å²) in [4.78, 5) is 19.4. The summed E-state index contributed by atoms with van der Waals surface area (Å²) >= 11 is 7.67. The van der Waals surface area contributed by atoms with Crippen LogP contribution in [0.25, 0.3) is 11.3 Å². The first-order chi connectivity index (χ1) is 14.9. The molecule has 3 aromatic rings. The highest BCUT2D eigenvalue weighted by atomic mass is 35.5. The third-order valence-electron chi connectivity index (χ3n) is 5.21. The van der Waals surface area contributed by atoms with Crippen molar-refractivity contribution >= 4 is 35.0 Å². The van der Waals surface area contributed by atoms with Gasteiger partial charge >= 0.3 is 0 Å². The van der Waals surface area contributed by atoms with Gasteiger partial charge in [-0.1, -0.05) is 68.4 Å². The van der Waals surface area contributed by atoms with E-state index in [1.54, 1.807) is 17.0 Å². The number of benzene rings is 2. The molecule has 6 nitrogen and oxygen atoms in total. The van der Waals surface area contributed by atoms with Crippen LogP contribution in [0, 0.1) is 0 Å². The predicted octanol–water partition coefficient (Wildman–Crippen LogP) is 5.87. The molecule has 8 heteroatoms. The standard InChI is InChI=1S/C23H23ClN4O2S/c1-5-19(29)28-18-11-10-16(24)12-17(18)20-21(25-23(31-4)27-26-20)30-22(28)15-8-6-14(7-9-15)13(2)3/h6-13,22H,5H2,1-4H3/t22-/m1/s1. The molecule has 4 rings (SSSR count). The Bertz CT molecular complexity index is 1120. The Morgan fingerprint density at radius 2 is 1.94 bits per heavy atom. The fourth-order valence-electron chi connectivity index (χ4n) is 3.53. The van der Waals surface area contributed by atoms with Gasteiger partial charge in [-0.05, 0) is 35.9 Å². The minimum atomic E-state index is -0.693. The average molecular weight is 455 g/mol. The SMILES string of the molecule is CCC(=O)N1c2ccc(Cl)cc2-c2nnc(SC)nc2O[C@@H]1c1ccc(C(C)C)cc1. The van der Waals surface area contributed by atoms with Crippen LogP contribution in [0.3, 0.4) is 0 Å². The van der Waals surface area contributed by atoms with E-state index in [1.807, 2.05) is 31.4 Å². The fourth-order valence-corrected chi connectivity index (χ4v) is 4.00. The highest BCUT2D eigenvalue weighted by Gasteiger charge is 2.35. The van der Waals surface area contributed by atoms with Gasteiger partial charge in [-0.25, -0.2) is 0 Å². The lowest BCUT2D eigenvalue weighted by atomic mass is 10.0. The van der Waals surface area contributed by atoms with Crippen LogP contribution in [0.15, 0.2) is 47.6 Å². The van der Waals surface area contributed by atoms with Crippen LogP contribution in [0.2, 0.25) is 5.02 Å². The molecule has 0 fully saturated rings. The summed E-state index contributed by atoms with van der Waals surface area (Å²) in [7, 11) is 0. The Balaban J connectivity index is 1.94. The zero-order valence-electron chi connectivity index (χ0n) is 17.8. The smallest absolute Gasteiger partial charge is 0.247 e. The number of anilines is 1. The summed E-state index contributed by atoms with van der Waals surface area (Å²) in [6.07, 6.45) is 1.50. The number of carbonyl (C=O) groups excluding carboxylic acids is 1. The Morgan fingerprint density at radius 3 is 2.58 bits per heavy atom. The third kappa shape index (κ3) is 4.12. The fraction of sp³-hybridized carbons (Fsp3) is 0.304. The van der Waals surface area contributed by atoms with Gasteiger partial charge in [-0.15, -0.1) is 10.2 Å². The van der Waals surface area contributed by atoms with Gasteiger partial charge in [0.2, 0.25) is 23.2 Å². The molecule has 1 atom stereocenters. The molecule has 0 unspecified atom stereocenters. The second-order valence-electron chi connectivity index (χ2n) is 7.52. The number of aromatic nitrogens is 3. The van der Waals surface area contributed by atoms with Crippen molar-refractivity contribution in [3.05, 3.63) is 58.6 Å². The Kier molecular flexibility index (Phi) is 6.16. The van der Waals surface area contributed by atoms with E-state index in [4.69, 9.17) is 16.3 Å². The van der Waals surface area contributed by atoms with Gasteiger partial charge in [0, 0.05) is 22.6 Å². The Morgan fingerprint density at radius 1 is 1.19 bits per heavy atom. The van der Waals surface area contributed by atoms with Gasteiger partial charge in [-0.3, -0.25) is 9.69 Å². The Labute approximate surface area is 191 Å². The van der Waals surface area contributed by atoms with E-state index >= 15 is 0 Å². The maximum absolute atomic E-state index is 13.2. The summed E-state index contributed by atoms with van der Waals surface area (Å²) in [6, 6.07) is 13.5. The molecule has 1 aliphatic rings. The van der Waals surface area contributed by atoms with E-state index in [0.717, 1.165) is 5.56 Å². The topological polar surface area (TPSA) is 68.2 Å². The molecular formula is C23H23ClN4O2S. The average Bonchev–Trinajstić information content (AvgIpc) is 2.92. The number of fused-ring (bicyclic) bond motifs is 3. The highest BCUT2D eigenvalue weighted by Crippen LogP contribution is 2.44. The molecule has 1 aromatic heterocycles. The zero-order chi connectivity index (χ0) is 22.1. The molecule has 0 spiro atoms. The van der Waals surface area contributed by atoms with Gasteiger partial charge in [0.15, 0.2) is 5.69 Å². The number of carbonyl (C=O) groups is 1. The predicted molar refractivity (Wildman–Crippen MR) is 124 cm³/mol. The maximum Gasteiger partial charge on any atom is 0.247 e. The summed E-state index contributed by atoms with van der Waals surface area (Å²) in [5, 5.41) is 9.56. The molecule has 0 bridgehead atoms. The van der Waals surface area contributed by atoms with Gasteiger partial charge in [0.1, 0.15) is 0 Å². The molecule has 160 valence electrons. The number of ether oxygens (including phenoxy) is 1. The first-order valence-corrected chi connectivity index (χ1v) is 11.7. The molecule has 1 amide bonds. The van der Waals surface area contributed by atoms with Crippen LogP contribution in [0.4, 0.5) is 5.69 Å². The lowest BCUT2D eigenvalue weighted by molar-refractivity contribution is -0.120. The van der Waals surface area contributed by atoms with Crippen molar-refractivity contribution in [2.24, 2.45) is 0 Å². The Hall–Kier alpha value is -2.64. The number of nitrogens with zero attached hydrogens (tertiary/aromatic N) is 4. The van der Waals surface area contributed by atoms with Crippen molar-refractivity contribution in [1.82, 2.24) is 15.2 Å². The van der Waals surface area contributed by atoms with Crippen molar-refractivity contribution in [2.75, 3.05) is 11.2 Å². The molecule has 0 saturated carbocycles. The molecule has 0 aliphatic carbocycles. The first kappa shape index (κ1) is 21.6. The van der Waals surface area contributed by atoms with Crippen molar-refractivity contribution in [1.29, 1.82) is 0 Å². The number of rotatable bonds is 4. The van der Waals surface area contributed by atoms with E-state index in [2.05, 4.69) is 41.2 Å². The van der Waals surface area contributed by atoms with Crippen molar-refractivity contribution in [3.8, 4) is 17.1 Å². The lowest BCUT2D eigenvalue weighted by Gasteiger charge is -2.31. The second kappa shape index (κ2) is 8.85. The number of thioether (sulfide) groups is 1. The minimum absolute atomic E-state index is 0.0765. The van der Waals surface area contributed by atoms with E-state index in [9.17, 15) is 4.79 Å². The van der Waals surface area contributed by atoms with E-state index in [1.165, 1.54) is 17.3 Å². The normalized spacial score (nSPS) is 15.2. The molecule has 2 heterocycles. The first-order valence-electron chi connectivity index (χ1n) is 10.1. The lowest BCUT2D eigenvalue weighted by Crippen LogP contribution is -2.37. The number of hydrogen-bond donors (Lipinski definition) is 0. The molecule has 31 heavy (non-hydrogen) atoms. The summed E-state index contributed by atoms with van der Waals surface area (Å²) in [5.41, 5.74) is 3.86. The maximum atomic E-state index is 13.2. The van der Waals surface area contributed by atoms with E-state index < -0.39 is 6.23 Å². The van der Waals surface area contributed by atoms with Gasteiger partial charge in [0.05, 0.1) is 5.69 Å². The van der Waals surface area contributed by atoms with Gasteiger partial charge in [-0.2, -0.15) is 4.98 Å². The molecule has 1 aliphatic heterocycles. The zero-order valence-corrected chi connectivity index (χ0v) is 19.4. The number of halogens is 1. The molecule has 0 saturated heterocycles. The summed E-state index contributed by atoms with van der Waals surface area (Å²) in [6.45, 7) is 6.12. The van der Waals surface area contributed by atoms with Crippen LogP contribution in [0.5, 0.6) is 5.88 Å². The molecular weight excluding hydrogens is 432 g/mol. The summed E-state index contributed by atoms with van der Waals surface area (Å²) in [5.74, 6) is 0.654. The van der Waals surface area contributed by atoms with Gasteiger partial charge < -0.3 is 4.74 Å². The quantitative estimate of drug-likeness (QED) is 0.459. The van der Waals surface area contributed by atoms with Gasteiger partial charge in [0.25, 0.3) is 0 Å². The van der Waals surface area contributed by atoms with Crippen LogP contribution in [-0.2, 0) is 4.79 Å². The van der Waals surface area contributed by atoms with Crippen LogP contribution in [0.1, 0.15) is 50.5 Å². The third-order valence-corrected chi connectivity index (χ3v) is 5.98. The highest BCUT2D eigenvalue weighted by molar-refractivity contribution is 7.98. The number of hydrogen-bond acceptors (Lipinski definition) is 6. The molecule has 0 radical (unpaired) electrons. The molecule has 2 aromatic carbocycles. The van der Waals surface area contributed by atoms with Crippen LogP contribution in [-0.4, -0.2) is 27.3 Å². The van der Waals surface area contributed by atoms with Crippen LogP contribution < -0.4 is 9.64 Å². The molecule has 0 N–H and O–H groups in total. The second-order valence-corrected chi connectivity index (χ2v) is 8.73. The monoisotopic (exact) mass is 454 g/mol. The largest absolute Gasteiger partial charge is 0.447 e. The minimum Gasteiger partial charge on any atom is -0.447 e. The van der Waals surface area contributed by atoms with E-state index in [0.29, 0.717) is 45.3 Å². The van der Waals surface area contributed by atoms with Crippen molar-refractivity contribution < 1.29 is 9.53 Å². The van der Waals surface area contributed by atoms with Crippen molar-refractivity contribution in [2.45, 2.75) is 44.5 Å². The number of amides is 1. The van der Waals surface area contributed by atoms with Crippen molar-refractivity contribution in [3.63, 3.8) is 0 Å². The van der Waals surface area contributed by atoms with E-state index in [-0.39, 0.29) is 5.91 Å². The van der Waals surface area contributed by atoms with Crippen LogP contribution >= 0.6 is 23.4 Å².